The Bertz CT molecular complexity index is 1900. The van der Waals surface area contributed by atoms with Gasteiger partial charge >= 0.3 is 0 Å². The first-order valence-electron chi connectivity index (χ1n) is 16.0. The average Bonchev–Trinajstić information content (AvgIpc) is 2.96. The molecule has 0 aliphatic heterocycles. The van der Waals surface area contributed by atoms with Crippen LogP contribution in [-0.4, -0.2) is 0 Å². The number of rotatable bonds is 3. The summed E-state index contributed by atoms with van der Waals surface area (Å²) in [5, 5.41) is 5.18. The zero-order valence-electron chi connectivity index (χ0n) is 28.2. The zero-order chi connectivity index (χ0) is 31.6. The minimum Gasteiger partial charge on any atom is -0.0616 e. The summed E-state index contributed by atoms with van der Waals surface area (Å²) in [5.41, 5.74) is 16.3. The first-order chi connectivity index (χ1) is 20.8. The molecular weight excluding hydrogens is 528 g/mol. The van der Waals surface area contributed by atoms with Crippen molar-refractivity contribution >= 4 is 21.5 Å². The molecule has 0 aliphatic carbocycles. The Morgan fingerprint density at radius 3 is 1.09 bits per heavy atom. The van der Waals surface area contributed by atoms with Crippen LogP contribution in [0.5, 0.6) is 0 Å². The predicted octanol–water partition coefficient (Wildman–Crippen LogP) is 12.8. The van der Waals surface area contributed by atoms with E-state index >= 15 is 0 Å². The molecule has 0 heteroatoms. The van der Waals surface area contributed by atoms with E-state index in [1.54, 1.807) is 0 Å². The van der Waals surface area contributed by atoms with Gasteiger partial charge < -0.3 is 0 Å². The summed E-state index contributed by atoms with van der Waals surface area (Å²) in [6.07, 6.45) is 0. The lowest BCUT2D eigenvalue weighted by atomic mass is 9.79. The molecule has 6 rings (SSSR count). The molecule has 0 saturated carbocycles. The van der Waals surface area contributed by atoms with Gasteiger partial charge in [-0.2, -0.15) is 0 Å². The summed E-state index contributed by atoms with van der Waals surface area (Å²) in [6.45, 7) is 23.0. The van der Waals surface area contributed by atoms with E-state index < -0.39 is 0 Å². The number of hydrogen-bond donors (Lipinski definition) is 0. The maximum atomic E-state index is 2.41. The highest BCUT2D eigenvalue weighted by Crippen LogP contribution is 2.46. The van der Waals surface area contributed by atoms with Crippen LogP contribution in [0.1, 0.15) is 74.9 Å². The van der Waals surface area contributed by atoms with Crippen LogP contribution in [0.15, 0.2) is 97.1 Å². The summed E-state index contributed by atoms with van der Waals surface area (Å²) in [4.78, 5) is 0. The molecule has 6 aromatic carbocycles. The van der Waals surface area contributed by atoms with Gasteiger partial charge in [0, 0.05) is 0 Å². The maximum Gasteiger partial charge on any atom is -0.00608 e. The lowest BCUT2D eigenvalue weighted by Gasteiger charge is -2.24. The highest BCUT2D eigenvalue weighted by molar-refractivity contribution is 6.11. The molecule has 0 nitrogen and oxygen atoms in total. The normalized spacial score (nSPS) is 12.3. The SMILES string of the molecule is Cc1cc(C(C)(C)C)ccc1-c1cc2ccccc2c(-c2c(C)c(-c3ccc(C(C)(C)C)cc3C)cc3ccccc23)c1C. The largest absolute Gasteiger partial charge is 0.0616 e. The fraction of sp³-hybridized carbons (Fsp3) is 0.273. The Morgan fingerprint density at radius 1 is 0.386 bits per heavy atom. The molecule has 0 spiro atoms. The van der Waals surface area contributed by atoms with E-state index in [0.717, 1.165) is 0 Å². The van der Waals surface area contributed by atoms with Crippen LogP contribution in [0.2, 0.25) is 0 Å². The lowest BCUT2D eigenvalue weighted by Crippen LogP contribution is -2.11. The third-order valence-corrected chi connectivity index (χ3v) is 9.63. The number of hydrogen-bond acceptors (Lipinski definition) is 0. The fourth-order valence-corrected chi connectivity index (χ4v) is 6.97. The Balaban J connectivity index is 1.69. The summed E-state index contributed by atoms with van der Waals surface area (Å²) < 4.78 is 0. The summed E-state index contributed by atoms with van der Waals surface area (Å²) in [6, 6.07) is 36.8. The van der Waals surface area contributed by atoms with E-state index in [0.29, 0.717) is 0 Å². The van der Waals surface area contributed by atoms with Crippen LogP contribution in [0.3, 0.4) is 0 Å². The van der Waals surface area contributed by atoms with Gasteiger partial charge in [-0.05, 0) is 139 Å². The Labute approximate surface area is 264 Å². The summed E-state index contributed by atoms with van der Waals surface area (Å²) >= 11 is 0. The van der Waals surface area contributed by atoms with Gasteiger partial charge in [0.25, 0.3) is 0 Å². The van der Waals surface area contributed by atoms with Gasteiger partial charge in [-0.25, -0.2) is 0 Å². The third kappa shape index (κ3) is 5.15. The molecule has 0 heterocycles. The van der Waals surface area contributed by atoms with Crippen LogP contribution in [0.4, 0.5) is 0 Å². The van der Waals surface area contributed by atoms with Gasteiger partial charge in [-0.15, -0.1) is 0 Å². The molecule has 0 saturated heterocycles. The smallest absolute Gasteiger partial charge is 0.00608 e. The monoisotopic (exact) mass is 574 g/mol. The first-order valence-corrected chi connectivity index (χ1v) is 16.0. The second-order valence-corrected chi connectivity index (χ2v) is 14.8. The molecule has 44 heavy (non-hydrogen) atoms. The predicted molar refractivity (Wildman–Crippen MR) is 194 cm³/mol. The summed E-state index contributed by atoms with van der Waals surface area (Å²) in [7, 11) is 0. The molecule has 0 atom stereocenters. The van der Waals surface area contributed by atoms with Crippen LogP contribution in [-0.2, 0) is 10.8 Å². The first kappa shape index (κ1) is 29.9. The van der Waals surface area contributed by atoms with Gasteiger partial charge in [-0.3, -0.25) is 0 Å². The second-order valence-electron chi connectivity index (χ2n) is 14.8. The van der Waals surface area contributed by atoms with E-state index in [4.69, 9.17) is 0 Å². The van der Waals surface area contributed by atoms with E-state index in [2.05, 4.69) is 166 Å². The van der Waals surface area contributed by atoms with E-state index in [9.17, 15) is 0 Å². The molecule has 0 N–H and O–H groups in total. The van der Waals surface area contributed by atoms with Crippen LogP contribution in [0.25, 0.3) is 54.9 Å². The van der Waals surface area contributed by atoms with Crippen molar-refractivity contribution in [3.8, 4) is 33.4 Å². The van der Waals surface area contributed by atoms with E-state index in [-0.39, 0.29) is 10.8 Å². The van der Waals surface area contributed by atoms with Crippen molar-refractivity contribution < 1.29 is 0 Å². The van der Waals surface area contributed by atoms with Crippen molar-refractivity contribution in [3.05, 3.63) is 130 Å². The third-order valence-electron chi connectivity index (χ3n) is 9.63. The minimum absolute atomic E-state index is 0.118. The molecule has 0 fully saturated rings. The van der Waals surface area contributed by atoms with Crippen LogP contribution >= 0.6 is 0 Å². The Hall–Kier alpha value is -4.16. The van der Waals surface area contributed by atoms with Gasteiger partial charge in [0.1, 0.15) is 0 Å². The standard InChI is InChI=1S/C44H46/c1-27-23-33(43(5,6)7)19-21-35(27)39-25-31-15-11-13-17-37(31)41(29(39)3)42-30(4)40(26-32-16-12-14-18-38(32)42)36-22-20-34(24-28(36)2)44(8,9)10/h11-26H,1-10H3. The van der Waals surface area contributed by atoms with Crippen molar-refractivity contribution in [3.63, 3.8) is 0 Å². The molecule has 0 aliphatic rings. The quantitative estimate of drug-likeness (QED) is 0.197. The van der Waals surface area contributed by atoms with Gasteiger partial charge in [-0.1, -0.05) is 126 Å². The lowest BCUT2D eigenvalue weighted by molar-refractivity contribution is 0.589. The van der Waals surface area contributed by atoms with Crippen molar-refractivity contribution in [2.75, 3.05) is 0 Å². The van der Waals surface area contributed by atoms with E-state index in [1.165, 1.54) is 88.3 Å². The maximum absolute atomic E-state index is 2.41. The number of aryl methyl sites for hydroxylation is 2. The zero-order valence-corrected chi connectivity index (χ0v) is 28.2. The van der Waals surface area contributed by atoms with Gasteiger partial charge in [0.2, 0.25) is 0 Å². The van der Waals surface area contributed by atoms with Gasteiger partial charge in [0.05, 0.1) is 0 Å². The van der Waals surface area contributed by atoms with Crippen LogP contribution < -0.4 is 0 Å². The Kier molecular flexibility index (Phi) is 7.32. The molecular formula is C44H46. The molecule has 0 amide bonds. The Morgan fingerprint density at radius 2 is 0.750 bits per heavy atom. The molecule has 0 aromatic heterocycles. The summed E-state index contributed by atoms with van der Waals surface area (Å²) in [5.74, 6) is 0. The van der Waals surface area contributed by atoms with Crippen molar-refractivity contribution in [1.82, 2.24) is 0 Å². The average molecular weight is 575 g/mol. The topological polar surface area (TPSA) is 0 Å². The molecule has 222 valence electrons. The highest BCUT2D eigenvalue weighted by atomic mass is 14.3. The molecule has 0 unspecified atom stereocenters. The van der Waals surface area contributed by atoms with Crippen molar-refractivity contribution in [1.29, 1.82) is 0 Å². The highest BCUT2D eigenvalue weighted by Gasteiger charge is 2.22. The van der Waals surface area contributed by atoms with Crippen molar-refractivity contribution in [2.45, 2.75) is 80.1 Å². The number of benzene rings is 6. The fourth-order valence-electron chi connectivity index (χ4n) is 6.97. The second kappa shape index (κ2) is 10.8. The van der Waals surface area contributed by atoms with Crippen molar-refractivity contribution in [2.24, 2.45) is 0 Å². The molecule has 0 radical (unpaired) electrons. The van der Waals surface area contributed by atoms with Gasteiger partial charge in [0.15, 0.2) is 0 Å². The number of fused-ring (bicyclic) bond motifs is 2. The molecule has 6 aromatic rings. The van der Waals surface area contributed by atoms with E-state index in [1.807, 2.05) is 0 Å². The minimum atomic E-state index is 0.118. The van der Waals surface area contributed by atoms with Crippen LogP contribution in [0, 0.1) is 27.7 Å². The molecule has 0 bridgehead atoms.